The third-order valence-electron chi connectivity index (χ3n) is 2.76. The maximum atomic E-state index is 12.8. The van der Waals surface area contributed by atoms with Crippen LogP contribution in [0.15, 0.2) is 0 Å². The van der Waals surface area contributed by atoms with Crippen molar-refractivity contribution < 1.29 is 101 Å². The van der Waals surface area contributed by atoms with Gasteiger partial charge in [-0.2, -0.15) is 79.0 Å². The minimum absolute atomic E-state index is 1.66. The van der Waals surface area contributed by atoms with Crippen LogP contribution in [0.5, 0.6) is 0 Å². The third-order valence-corrected chi connectivity index (χ3v) is 2.92. The molecule has 0 aromatic rings. The Morgan fingerprint density at radius 3 is 0.625 bits per heavy atom. The molecule has 0 saturated heterocycles. The molecule has 0 heterocycles. The second-order valence-corrected chi connectivity index (χ2v) is 5.89. The van der Waals surface area contributed by atoms with E-state index in [1.807, 2.05) is 0 Å². The zero-order valence-electron chi connectivity index (χ0n) is 13.2. The lowest BCUT2D eigenvalue weighted by Gasteiger charge is -2.41. The van der Waals surface area contributed by atoms with Crippen molar-refractivity contribution in [1.29, 1.82) is 0 Å². The Bertz CT molecular complexity index is 633. The smallest absolute Gasteiger partial charge is 0.216 e. The van der Waals surface area contributed by atoms with Gasteiger partial charge in [0.25, 0.3) is 0 Å². The Labute approximate surface area is 158 Å². The summed E-state index contributed by atoms with van der Waals surface area (Å²) in [6.45, 7) is 0. The van der Waals surface area contributed by atoms with Crippen LogP contribution in [0.4, 0.5) is 91.9 Å². The van der Waals surface area contributed by atoms with Gasteiger partial charge in [0, 0.05) is 0 Å². The predicted octanol–water partition coefficient (Wildman–Crippen LogP) is 7.86. The summed E-state index contributed by atoms with van der Waals surface area (Å²) in [5, 5.41) is 0. The van der Waals surface area contributed by atoms with Crippen LogP contribution in [0.2, 0.25) is 0 Å². The van der Waals surface area contributed by atoms with Gasteiger partial charge in [0.05, 0.1) is 0 Å². The largest absolute Gasteiger partial charge is 0.583 e. The molecule has 0 fully saturated rings. The van der Waals surface area contributed by atoms with Gasteiger partial charge in [-0.15, -0.1) is 8.39 Å². The van der Waals surface area contributed by atoms with Crippen molar-refractivity contribution >= 4 is 7.99 Å². The Balaban J connectivity index is 0. The highest BCUT2D eigenvalue weighted by Crippen LogP contribution is 2.64. The van der Waals surface area contributed by atoms with E-state index in [2.05, 4.69) is 0 Å². The summed E-state index contributed by atoms with van der Waals surface area (Å²) in [6.07, 6.45) is -15.6. The van der Waals surface area contributed by atoms with Crippen LogP contribution < -0.4 is 0 Å². The average molecular weight is 558 g/mol. The quantitative estimate of drug-likeness (QED) is 0.245. The maximum absolute atomic E-state index is 12.8. The molecule has 0 atom stereocenters. The molecule has 0 aromatic carbocycles. The number of alkyl halides is 18. The van der Waals surface area contributed by atoms with Crippen LogP contribution in [0.25, 0.3) is 0 Å². The highest BCUT2D eigenvalue weighted by Gasteiger charge is 2.95. The highest BCUT2D eigenvalue weighted by molar-refractivity contribution is 7.47. The molecule has 2 nitrogen and oxygen atoms in total. The van der Waals surface area contributed by atoms with Gasteiger partial charge >= 0.3 is 55.9 Å². The zero-order valence-corrected chi connectivity index (χ0v) is 14.1. The number of halogens is 21. The Morgan fingerprint density at radius 1 is 0.406 bits per heavy atom. The zero-order chi connectivity index (χ0) is 27.2. The third kappa shape index (κ3) is 5.27. The molecule has 0 aliphatic heterocycles. The van der Waals surface area contributed by atoms with Crippen molar-refractivity contribution in [2.24, 2.45) is 0 Å². The Kier molecular flexibility index (Phi) is 8.73. The van der Waals surface area contributed by atoms with Gasteiger partial charge in [-0.05, 0) is 4.53 Å². The first-order valence-electron chi connectivity index (χ1n) is 6.01. The van der Waals surface area contributed by atoms with E-state index in [1.54, 1.807) is 4.73 Å². The minimum atomic E-state index is -8.72. The van der Waals surface area contributed by atoms with Gasteiger partial charge in [0.1, 0.15) is 0 Å². The minimum Gasteiger partial charge on any atom is -0.216 e. The summed E-state index contributed by atoms with van der Waals surface area (Å²) in [5.74, 6) is -51.0. The van der Waals surface area contributed by atoms with Gasteiger partial charge in [0.15, 0.2) is 0 Å². The fourth-order valence-corrected chi connectivity index (χ4v) is 1.14. The summed E-state index contributed by atoms with van der Waals surface area (Å²) >= 11 is 0. The summed E-state index contributed by atoms with van der Waals surface area (Å²) < 4.78 is 262. The second-order valence-electron chi connectivity index (χ2n) is 4.93. The number of rotatable bonds is 6. The average Bonchev–Trinajstić information content (AvgIpc) is 2.51. The molecule has 0 radical (unpaired) electrons. The van der Waals surface area contributed by atoms with Crippen LogP contribution in [0.1, 0.15) is 0 Å². The first-order chi connectivity index (χ1) is 13.3. The summed E-state index contributed by atoms with van der Waals surface area (Å²) in [5.41, 5.74) is 0. The molecule has 0 N–H and O–H groups in total. The van der Waals surface area contributed by atoms with Crippen molar-refractivity contribution in [2.45, 2.75) is 47.9 Å². The van der Waals surface area contributed by atoms with E-state index in [4.69, 9.17) is 4.57 Å². The second kappa shape index (κ2) is 8.49. The van der Waals surface area contributed by atoms with Crippen molar-refractivity contribution in [2.75, 3.05) is 0 Å². The molecule has 0 aliphatic rings. The topological polar surface area (TPSA) is 26.3 Å². The molecule has 0 rings (SSSR count). The van der Waals surface area contributed by atoms with E-state index in [9.17, 15) is 91.9 Å². The summed E-state index contributed by atoms with van der Waals surface area (Å²) in [4.78, 5) is 0. The van der Waals surface area contributed by atoms with Gasteiger partial charge in [-0.3, -0.25) is 0 Å². The van der Waals surface area contributed by atoms with Gasteiger partial charge in [-0.1, -0.05) is 4.73 Å². The molecule has 196 valence electrons. The van der Waals surface area contributed by atoms with E-state index < -0.39 is 55.9 Å². The van der Waals surface area contributed by atoms with E-state index in [0.29, 0.717) is 0 Å². The summed E-state index contributed by atoms with van der Waals surface area (Å²) in [7, 11) is -5.81. The summed E-state index contributed by atoms with van der Waals surface area (Å²) in [6, 6.07) is 0. The van der Waals surface area contributed by atoms with Crippen LogP contribution in [0.3, 0.4) is 0 Å². The van der Waals surface area contributed by atoms with Crippen molar-refractivity contribution in [1.82, 2.24) is 0 Å². The molecule has 0 unspecified atom stereocenters. The standard InChI is InChI=1S/C8F18.F3O2P/c9-1(10,3(13,14)5(17,18)7(21,22)23)2(11,12)4(15,16)6(19,20)8(24,25)26;1-5-6(2,3)4. The molecule has 0 spiro atoms. The van der Waals surface area contributed by atoms with E-state index in [-0.39, 0.29) is 0 Å². The lowest BCUT2D eigenvalue weighted by Crippen LogP contribution is -2.74. The van der Waals surface area contributed by atoms with Crippen molar-refractivity contribution in [3.05, 3.63) is 0 Å². The molecule has 0 bridgehead atoms. The first-order valence-corrected chi connectivity index (χ1v) is 7.42. The normalized spacial score (nSPS) is 15.9. The molecule has 0 saturated carbocycles. The molecule has 0 aliphatic carbocycles. The first kappa shape index (κ1) is 32.9. The maximum Gasteiger partial charge on any atom is 0.583 e. The Morgan fingerprint density at radius 2 is 0.531 bits per heavy atom. The molecular formula is C8F21O2P. The van der Waals surface area contributed by atoms with Gasteiger partial charge in [-0.25, -0.2) is 4.57 Å². The van der Waals surface area contributed by atoms with Crippen molar-refractivity contribution in [3.63, 3.8) is 0 Å². The molecule has 0 aromatic heterocycles. The fourth-order valence-electron chi connectivity index (χ4n) is 1.14. The van der Waals surface area contributed by atoms with Gasteiger partial charge < -0.3 is 0 Å². The molecule has 0 amide bonds. The van der Waals surface area contributed by atoms with Crippen LogP contribution in [-0.4, -0.2) is 47.9 Å². The molecule has 24 heteroatoms. The van der Waals surface area contributed by atoms with Crippen molar-refractivity contribution in [3.8, 4) is 0 Å². The van der Waals surface area contributed by atoms with E-state index in [0.717, 1.165) is 0 Å². The van der Waals surface area contributed by atoms with Crippen LogP contribution in [-0.2, 0) is 9.29 Å². The lowest BCUT2D eigenvalue weighted by molar-refractivity contribution is -0.468. The monoisotopic (exact) mass is 558 g/mol. The number of hydrogen-bond donors (Lipinski definition) is 0. The fraction of sp³-hybridized carbons (Fsp3) is 1.00. The molecular weight excluding hydrogens is 558 g/mol. The number of hydrogen-bond acceptors (Lipinski definition) is 2. The predicted molar refractivity (Wildman–Crippen MR) is 53.8 cm³/mol. The van der Waals surface area contributed by atoms with Gasteiger partial charge in [0.2, 0.25) is 0 Å². The van der Waals surface area contributed by atoms with Crippen LogP contribution in [0, 0.1) is 0 Å². The SMILES string of the molecule is FC(F)(F)C(F)(F)C(F)(F)C(F)(F)C(F)(F)C(F)(F)C(F)(F)C(F)(F)F.O=P(F)(F)OF. The Hall–Kier alpha value is -1.28. The lowest BCUT2D eigenvalue weighted by atomic mass is 9.91. The van der Waals surface area contributed by atoms with E-state index >= 15 is 0 Å². The van der Waals surface area contributed by atoms with E-state index in [1.165, 1.54) is 0 Å². The molecule has 32 heavy (non-hydrogen) atoms. The highest BCUT2D eigenvalue weighted by atomic mass is 31.2. The van der Waals surface area contributed by atoms with Crippen LogP contribution >= 0.6 is 7.99 Å².